The molecule has 2 aliphatic heterocycles. The molecule has 2 fully saturated rings. The van der Waals surface area contributed by atoms with Gasteiger partial charge in [0, 0.05) is 36.1 Å². The highest BCUT2D eigenvalue weighted by atomic mass is 35.5. The first kappa shape index (κ1) is 22.9. The van der Waals surface area contributed by atoms with Gasteiger partial charge >= 0.3 is 0 Å². The van der Waals surface area contributed by atoms with Crippen LogP contribution < -0.4 is 5.73 Å². The van der Waals surface area contributed by atoms with Gasteiger partial charge in [0.25, 0.3) is 0 Å². The molecule has 2 saturated heterocycles. The van der Waals surface area contributed by atoms with Crippen LogP contribution in [0.5, 0.6) is 0 Å². The molecule has 32 heavy (non-hydrogen) atoms. The number of aliphatic imine (C=N–C) groups is 1. The van der Waals surface area contributed by atoms with Crippen LogP contribution in [-0.4, -0.2) is 64.6 Å². The SMILES string of the molecule is C/C(Sc1ccn2nccc2c1Cl)=C(N)\N=C(/N(C)C=O)N1CCC2(CC1)CO[C@@H](C)C2. The maximum atomic E-state index is 11.6. The number of ether oxygens (including phenoxy) is 1. The molecular weight excluding hydrogens is 448 g/mol. The summed E-state index contributed by atoms with van der Waals surface area (Å²) in [5.74, 6) is 0.929. The molecule has 1 spiro atoms. The second-order valence-electron chi connectivity index (χ2n) is 8.64. The zero-order valence-corrected chi connectivity index (χ0v) is 20.2. The van der Waals surface area contributed by atoms with Crippen LogP contribution in [0, 0.1) is 5.41 Å². The van der Waals surface area contributed by atoms with E-state index in [2.05, 4.69) is 21.9 Å². The van der Waals surface area contributed by atoms with Gasteiger partial charge in [0.1, 0.15) is 5.82 Å². The number of guanidine groups is 1. The fraction of sp³-hybridized carbons (Fsp3) is 0.500. The molecule has 8 nitrogen and oxygen atoms in total. The number of halogens is 1. The van der Waals surface area contributed by atoms with Gasteiger partial charge in [-0.3, -0.25) is 9.69 Å². The molecule has 1 amide bonds. The van der Waals surface area contributed by atoms with Crippen LogP contribution in [0.3, 0.4) is 0 Å². The van der Waals surface area contributed by atoms with E-state index in [1.807, 2.05) is 25.3 Å². The van der Waals surface area contributed by atoms with Gasteiger partial charge in [0.05, 0.1) is 29.4 Å². The van der Waals surface area contributed by atoms with E-state index >= 15 is 0 Å². The maximum absolute atomic E-state index is 11.6. The Bertz CT molecular complexity index is 1060. The Morgan fingerprint density at radius 2 is 2.19 bits per heavy atom. The van der Waals surface area contributed by atoms with Gasteiger partial charge in [0.2, 0.25) is 12.4 Å². The van der Waals surface area contributed by atoms with Gasteiger partial charge < -0.3 is 15.4 Å². The minimum Gasteiger partial charge on any atom is -0.383 e. The van der Waals surface area contributed by atoms with E-state index in [4.69, 9.17) is 22.1 Å². The molecule has 0 aliphatic carbocycles. The lowest BCUT2D eigenvalue weighted by Gasteiger charge is -2.40. The number of aromatic nitrogens is 2. The van der Waals surface area contributed by atoms with Crippen LogP contribution in [0.4, 0.5) is 0 Å². The third kappa shape index (κ3) is 4.60. The van der Waals surface area contributed by atoms with Crippen molar-refractivity contribution in [3.05, 3.63) is 40.3 Å². The molecule has 4 heterocycles. The molecule has 2 N–H and O–H groups in total. The lowest BCUT2D eigenvalue weighted by Crippen LogP contribution is -2.49. The predicted octanol–water partition coefficient (Wildman–Crippen LogP) is 3.56. The summed E-state index contributed by atoms with van der Waals surface area (Å²) >= 11 is 8.00. The molecule has 0 bridgehead atoms. The molecule has 0 unspecified atom stereocenters. The number of rotatable bonds is 4. The Labute approximate surface area is 197 Å². The van der Waals surface area contributed by atoms with E-state index in [1.165, 1.54) is 16.7 Å². The van der Waals surface area contributed by atoms with Crippen LogP contribution >= 0.6 is 23.4 Å². The molecular formula is C22H29ClN6O2S. The Hall–Kier alpha value is -2.23. The normalized spacial score (nSPS) is 21.8. The molecule has 0 radical (unpaired) electrons. The fourth-order valence-electron chi connectivity index (χ4n) is 4.42. The molecule has 0 saturated carbocycles. The zero-order valence-electron chi connectivity index (χ0n) is 18.6. The van der Waals surface area contributed by atoms with Crippen LogP contribution in [0.15, 0.2) is 45.1 Å². The number of amides is 1. The zero-order chi connectivity index (χ0) is 22.9. The van der Waals surface area contributed by atoms with Crippen molar-refractivity contribution in [2.24, 2.45) is 16.1 Å². The average molecular weight is 477 g/mol. The van der Waals surface area contributed by atoms with Gasteiger partial charge in [-0.1, -0.05) is 23.4 Å². The first-order valence-electron chi connectivity index (χ1n) is 10.7. The molecule has 172 valence electrons. The summed E-state index contributed by atoms with van der Waals surface area (Å²) in [6, 6.07) is 3.77. The lowest BCUT2D eigenvalue weighted by atomic mass is 9.77. The average Bonchev–Trinajstić information content (AvgIpc) is 3.41. The Morgan fingerprint density at radius 1 is 1.44 bits per heavy atom. The number of fused-ring (bicyclic) bond motifs is 1. The number of hydrogen-bond donors (Lipinski definition) is 1. The molecule has 2 aromatic heterocycles. The first-order valence-corrected chi connectivity index (χ1v) is 11.9. The van der Waals surface area contributed by atoms with Gasteiger partial charge in [-0.25, -0.2) is 4.52 Å². The summed E-state index contributed by atoms with van der Waals surface area (Å²) in [5.41, 5.74) is 7.44. The Balaban J connectivity index is 1.53. The number of nitrogens with zero attached hydrogens (tertiary/aromatic N) is 5. The smallest absolute Gasteiger partial charge is 0.216 e. The minimum atomic E-state index is 0.247. The molecule has 0 aromatic carbocycles. The maximum Gasteiger partial charge on any atom is 0.216 e. The highest BCUT2D eigenvalue weighted by molar-refractivity contribution is 8.03. The van der Waals surface area contributed by atoms with Gasteiger partial charge in [-0.15, -0.1) is 0 Å². The summed E-state index contributed by atoms with van der Waals surface area (Å²) in [7, 11) is 1.71. The third-order valence-electron chi connectivity index (χ3n) is 6.30. The molecule has 4 rings (SSSR count). The van der Waals surface area contributed by atoms with E-state index in [9.17, 15) is 4.79 Å². The van der Waals surface area contributed by atoms with E-state index in [-0.39, 0.29) is 5.41 Å². The largest absolute Gasteiger partial charge is 0.383 e. The lowest BCUT2D eigenvalue weighted by molar-refractivity contribution is -0.114. The van der Waals surface area contributed by atoms with Crippen molar-refractivity contribution in [1.82, 2.24) is 19.4 Å². The van der Waals surface area contributed by atoms with Crippen molar-refractivity contribution in [3.8, 4) is 0 Å². The fourth-order valence-corrected chi connectivity index (χ4v) is 5.55. The molecule has 2 aromatic rings. The van der Waals surface area contributed by atoms with Crippen molar-refractivity contribution < 1.29 is 9.53 Å². The van der Waals surface area contributed by atoms with Crippen molar-refractivity contribution in [1.29, 1.82) is 0 Å². The number of likely N-dealkylation sites (tertiary alicyclic amines) is 1. The Kier molecular flexibility index (Phi) is 6.69. The quantitative estimate of drug-likeness (QED) is 0.314. The third-order valence-corrected chi connectivity index (χ3v) is 7.88. The van der Waals surface area contributed by atoms with Crippen LogP contribution in [-0.2, 0) is 9.53 Å². The highest BCUT2D eigenvalue weighted by Gasteiger charge is 2.41. The second kappa shape index (κ2) is 9.33. The number of carbonyl (C=O) groups is 1. The van der Waals surface area contributed by atoms with E-state index in [0.29, 0.717) is 22.9 Å². The number of carbonyl (C=O) groups excluding carboxylic acids is 1. The molecule has 10 heteroatoms. The second-order valence-corrected chi connectivity index (χ2v) is 10.3. The number of piperidine rings is 1. The minimum absolute atomic E-state index is 0.247. The van der Waals surface area contributed by atoms with Crippen molar-refractivity contribution in [3.63, 3.8) is 0 Å². The molecule has 1 atom stereocenters. The number of hydrogen-bond acceptors (Lipinski definition) is 6. The van der Waals surface area contributed by atoms with Gasteiger partial charge in [-0.05, 0) is 50.7 Å². The standard InChI is InChI=1S/C22H29ClN6O2S/c1-15-12-22(13-31-15)6-10-28(11-7-22)21(27(3)14-30)26-20(24)16(2)32-18-5-9-29-17(19(18)23)4-8-25-29/h4-5,8-9,14-15H,6-7,10-13,24H2,1-3H3/b20-16+,26-21+/t15-/m0/s1. The molecule has 2 aliphatic rings. The van der Waals surface area contributed by atoms with Gasteiger partial charge in [0.15, 0.2) is 0 Å². The van der Waals surface area contributed by atoms with Crippen LogP contribution in [0.25, 0.3) is 5.52 Å². The van der Waals surface area contributed by atoms with E-state index in [1.54, 1.807) is 17.8 Å². The number of allylic oxidation sites excluding steroid dienone is 1. The van der Waals surface area contributed by atoms with Gasteiger partial charge in [-0.2, -0.15) is 10.1 Å². The van der Waals surface area contributed by atoms with E-state index < -0.39 is 0 Å². The van der Waals surface area contributed by atoms with Crippen LogP contribution in [0.1, 0.15) is 33.1 Å². The van der Waals surface area contributed by atoms with Crippen molar-refractivity contribution in [2.75, 3.05) is 26.7 Å². The van der Waals surface area contributed by atoms with Crippen LogP contribution in [0.2, 0.25) is 5.02 Å². The summed E-state index contributed by atoms with van der Waals surface area (Å²) in [6.07, 6.45) is 7.78. The monoisotopic (exact) mass is 476 g/mol. The summed E-state index contributed by atoms with van der Waals surface area (Å²) in [5, 5.41) is 4.81. The summed E-state index contributed by atoms with van der Waals surface area (Å²) < 4.78 is 7.56. The number of thioether (sulfide) groups is 1. The van der Waals surface area contributed by atoms with E-state index in [0.717, 1.165) is 60.7 Å². The van der Waals surface area contributed by atoms with Crippen molar-refractivity contribution >= 4 is 41.2 Å². The Morgan fingerprint density at radius 3 is 2.84 bits per heavy atom. The summed E-state index contributed by atoms with van der Waals surface area (Å²) in [6.45, 7) is 6.49. The van der Waals surface area contributed by atoms with Crippen molar-refractivity contribution in [2.45, 2.75) is 44.1 Å². The number of pyridine rings is 1. The topological polar surface area (TPSA) is 88.5 Å². The summed E-state index contributed by atoms with van der Waals surface area (Å²) in [4.78, 5) is 21.5. The first-order chi connectivity index (χ1) is 15.3. The highest BCUT2D eigenvalue weighted by Crippen LogP contribution is 2.42. The number of nitrogens with two attached hydrogens (primary N) is 1. The predicted molar refractivity (Wildman–Crippen MR) is 127 cm³/mol.